The van der Waals surface area contributed by atoms with Crippen LogP contribution in [0.1, 0.15) is 36.0 Å². The van der Waals surface area contributed by atoms with E-state index in [0.29, 0.717) is 13.1 Å². The van der Waals surface area contributed by atoms with Crippen LogP contribution in [-0.2, 0) is 19.5 Å². The van der Waals surface area contributed by atoms with Crippen LogP contribution in [0, 0.1) is 0 Å². The van der Waals surface area contributed by atoms with Crippen molar-refractivity contribution in [2.45, 2.75) is 38.8 Å². The predicted molar refractivity (Wildman–Crippen MR) is 110 cm³/mol. The van der Waals surface area contributed by atoms with Crippen LogP contribution in [-0.4, -0.2) is 42.7 Å². The van der Waals surface area contributed by atoms with Crippen LogP contribution in [0.3, 0.4) is 0 Å². The maximum Gasteiger partial charge on any atom is 0.317 e. The van der Waals surface area contributed by atoms with Gasteiger partial charge in [0.05, 0.1) is 7.11 Å². The molecule has 1 aromatic heterocycles. The SMILES string of the molecule is COc1ccc2c(c1)CN(C(=O)NCc1cccnc1N1CCCCC1)CC2. The van der Waals surface area contributed by atoms with Crippen molar-refractivity contribution in [3.8, 4) is 5.75 Å². The van der Waals surface area contributed by atoms with Gasteiger partial charge < -0.3 is 19.9 Å². The second kappa shape index (κ2) is 8.50. The van der Waals surface area contributed by atoms with Crippen LogP contribution in [0.4, 0.5) is 10.6 Å². The van der Waals surface area contributed by atoms with E-state index in [1.807, 2.05) is 29.3 Å². The number of fused-ring (bicyclic) bond motifs is 1. The third-order valence-corrected chi connectivity index (χ3v) is 5.67. The number of pyridine rings is 1. The lowest BCUT2D eigenvalue weighted by Crippen LogP contribution is -2.42. The van der Waals surface area contributed by atoms with Gasteiger partial charge in [-0.25, -0.2) is 9.78 Å². The number of piperidine rings is 1. The average Bonchev–Trinajstić information content (AvgIpc) is 2.77. The lowest BCUT2D eigenvalue weighted by molar-refractivity contribution is 0.192. The Hall–Kier alpha value is -2.76. The average molecular weight is 380 g/mol. The molecule has 0 unspecified atom stereocenters. The summed E-state index contributed by atoms with van der Waals surface area (Å²) in [7, 11) is 1.67. The number of hydrogen-bond acceptors (Lipinski definition) is 4. The van der Waals surface area contributed by atoms with Gasteiger partial charge in [-0.1, -0.05) is 12.1 Å². The third-order valence-electron chi connectivity index (χ3n) is 5.67. The number of carbonyl (C=O) groups is 1. The number of anilines is 1. The molecule has 2 aliphatic heterocycles. The number of rotatable bonds is 4. The Bertz CT molecular complexity index is 833. The maximum atomic E-state index is 12.8. The topological polar surface area (TPSA) is 57.7 Å². The van der Waals surface area contributed by atoms with Gasteiger partial charge in [0.15, 0.2) is 0 Å². The smallest absolute Gasteiger partial charge is 0.317 e. The van der Waals surface area contributed by atoms with E-state index in [-0.39, 0.29) is 6.03 Å². The van der Waals surface area contributed by atoms with Gasteiger partial charge in [0.1, 0.15) is 11.6 Å². The van der Waals surface area contributed by atoms with E-state index in [9.17, 15) is 4.79 Å². The molecule has 1 saturated heterocycles. The third kappa shape index (κ3) is 4.06. The molecule has 28 heavy (non-hydrogen) atoms. The van der Waals surface area contributed by atoms with Gasteiger partial charge in [-0.05, 0) is 55.0 Å². The van der Waals surface area contributed by atoms with Crippen molar-refractivity contribution in [1.82, 2.24) is 15.2 Å². The number of hydrogen-bond donors (Lipinski definition) is 1. The summed E-state index contributed by atoms with van der Waals surface area (Å²) in [5.41, 5.74) is 3.54. The maximum absolute atomic E-state index is 12.8. The van der Waals surface area contributed by atoms with Crippen LogP contribution < -0.4 is 15.0 Å². The number of methoxy groups -OCH3 is 1. The minimum Gasteiger partial charge on any atom is -0.497 e. The summed E-state index contributed by atoms with van der Waals surface area (Å²) in [6.07, 6.45) is 6.41. The number of carbonyl (C=O) groups excluding carboxylic acids is 1. The first kappa shape index (κ1) is 18.6. The van der Waals surface area contributed by atoms with E-state index >= 15 is 0 Å². The van der Waals surface area contributed by atoms with Crippen molar-refractivity contribution in [2.75, 3.05) is 31.6 Å². The Balaban J connectivity index is 1.40. The van der Waals surface area contributed by atoms with Crippen molar-refractivity contribution in [3.05, 3.63) is 53.2 Å². The van der Waals surface area contributed by atoms with Gasteiger partial charge in [0.25, 0.3) is 0 Å². The Kier molecular flexibility index (Phi) is 5.65. The van der Waals surface area contributed by atoms with Crippen molar-refractivity contribution >= 4 is 11.8 Å². The molecule has 0 radical (unpaired) electrons. The fourth-order valence-corrected chi connectivity index (χ4v) is 4.08. The second-order valence-corrected chi connectivity index (χ2v) is 7.50. The number of aromatic nitrogens is 1. The molecule has 0 atom stereocenters. The summed E-state index contributed by atoms with van der Waals surface area (Å²) in [4.78, 5) is 21.6. The summed E-state index contributed by atoms with van der Waals surface area (Å²) in [6.45, 7) is 3.94. The highest BCUT2D eigenvalue weighted by Gasteiger charge is 2.22. The predicted octanol–water partition coefficient (Wildman–Crippen LogP) is 3.35. The van der Waals surface area contributed by atoms with E-state index in [4.69, 9.17) is 4.74 Å². The molecule has 6 nitrogen and oxygen atoms in total. The summed E-state index contributed by atoms with van der Waals surface area (Å²) in [5, 5.41) is 3.10. The Morgan fingerprint density at radius 1 is 1.14 bits per heavy atom. The molecule has 0 saturated carbocycles. The summed E-state index contributed by atoms with van der Waals surface area (Å²) in [6, 6.07) is 10.1. The second-order valence-electron chi connectivity index (χ2n) is 7.50. The Labute approximate surface area is 166 Å². The van der Waals surface area contributed by atoms with Crippen LogP contribution in [0.25, 0.3) is 0 Å². The number of amides is 2. The van der Waals surface area contributed by atoms with Crippen LogP contribution in [0.2, 0.25) is 0 Å². The molecule has 6 heteroatoms. The molecule has 3 heterocycles. The molecule has 0 bridgehead atoms. The quantitative estimate of drug-likeness (QED) is 0.884. The van der Waals surface area contributed by atoms with E-state index in [2.05, 4.69) is 27.3 Å². The number of nitrogens with one attached hydrogen (secondary N) is 1. The van der Waals surface area contributed by atoms with E-state index in [1.165, 1.54) is 24.8 Å². The molecular weight excluding hydrogens is 352 g/mol. The van der Waals surface area contributed by atoms with E-state index < -0.39 is 0 Å². The van der Waals surface area contributed by atoms with Crippen LogP contribution >= 0.6 is 0 Å². The van der Waals surface area contributed by atoms with Gasteiger partial charge >= 0.3 is 6.03 Å². The van der Waals surface area contributed by atoms with Gasteiger partial charge in [0, 0.05) is 44.5 Å². The van der Waals surface area contributed by atoms with Gasteiger partial charge in [-0.2, -0.15) is 0 Å². The van der Waals surface area contributed by atoms with Gasteiger partial charge in [0.2, 0.25) is 0 Å². The fraction of sp³-hybridized carbons (Fsp3) is 0.455. The summed E-state index contributed by atoms with van der Waals surface area (Å²) in [5.74, 6) is 1.85. The lowest BCUT2D eigenvalue weighted by Gasteiger charge is -2.31. The molecule has 2 aromatic rings. The molecule has 2 aliphatic rings. The molecule has 2 amide bonds. The summed E-state index contributed by atoms with van der Waals surface area (Å²) < 4.78 is 5.32. The standard InChI is InChI=1S/C22H28N4O2/c1-28-20-8-7-17-9-13-26(16-19(17)14-20)22(27)24-15-18-6-5-10-23-21(18)25-11-3-2-4-12-25/h5-8,10,14H,2-4,9,11-13,15-16H2,1H3,(H,24,27). The highest BCUT2D eigenvalue weighted by Crippen LogP contribution is 2.24. The van der Waals surface area contributed by atoms with Crippen LogP contribution in [0.15, 0.2) is 36.5 Å². The van der Waals surface area contributed by atoms with E-state index in [0.717, 1.165) is 48.7 Å². The molecular formula is C22H28N4O2. The zero-order valence-corrected chi connectivity index (χ0v) is 16.5. The highest BCUT2D eigenvalue weighted by molar-refractivity contribution is 5.75. The number of urea groups is 1. The van der Waals surface area contributed by atoms with Crippen molar-refractivity contribution in [3.63, 3.8) is 0 Å². The zero-order valence-electron chi connectivity index (χ0n) is 16.5. The lowest BCUT2D eigenvalue weighted by atomic mass is 10.00. The largest absolute Gasteiger partial charge is 0.497 e. The zero-order chi connectivity index (χ0) is 19.3. The molecule has 1 fully saturated rings. The van der Waals surface area contributed by atoms with Crippen LogP contribution in [0.5, 0.6) is 5.75 Å². The molecule has 148 valence electrons. The number of nitrogens with zero attached hydrogens (tertiary/aromatic N) is 3. The van der Waals surface area contributed by atoms with Gasteiger partial charge in [-0.3, -0.25) is 0 Å². The molecule has 1 aromatic carbocycles. The molecule has 1 N–H and O–H groups in total. The Morgan fingerprint density at radius 3 is 2.82 bits per heavy atom. The number of ether oxygens (including phenoxy) is 1. The fourth-order valence-electron chi connectivity index (χ4n) is 4.08. The van der Waals surface area contributed by atoms with Crippen molar-refractivity contribution in [2.24, 2.45) is 0 Å². The highest BCUT2D eigenvalue weighted by atomic mass is 16.5. The first-order valence-electron chi connectivity index (χ1n) is 10.1. The first-order valence-corrected chi connectivity index (χ1v) is 10.1. The molecule has 4 rings (SSSR count). The van der Waals surface area contributed by atoms with Crippen molar-refractivity contribution in [1.29, 1.82) is 0 Å². The molecule has 0 aliphatic carbocycles. The monoisotopic (exact) mass is 380 g/mol. The minimum atomic E-state index is -0.0260. The molecule has 0 spiro atoms. The minimum absolute atomic E-state index is 0.0260. The number of benzene rings is 1. The normalized spacial score (nSPS) is 16.5. The first-order chi connectivity index (χ1) is 13.7. The summed E-state index contributed by atoms with van der Waals surface area (Å²) >= 11 is 0. The van der Waals surface area contributed by atoms with Gasteiger partial charge in [-0.15, -0.1) is 0 Å². The van der Waals surface area contributed by atoms with E-state index in [1.54, 1.807) is 7.11 Å². The van der Waals surface area contributed by atoms with Crippen molar-refractivity contribution < 1.29 is 9.53 Å². The Morgan fingerprint density at radius 2 is 2.00 bits per heavy atom.